The first-order valence-corrected chi connectivity index (χ1v) is 7.42. The molecule has 1 atom stereocenters. The number of hydrogen-bond donors (Lipinski definition) is 1. The molecule has 1 aliphatic rings. The van der Waals surface area contributed by atoms with Crippen LogP contribution in [0.25, 0.3) is 16.6 Å². The van der Waals surface area contributed by atoms with Gasteiger partial charge in [-0.2, -0.15) is 5.10 Å². The molecule has 124 valence electrons. The van der Waals surface area contributed by atoms with Crippen molar-refractivity contribution in [2.45, 2.75) is 20.1 Å². The molecule has 0 saturated heterocycles. The lowest BCUT2D eigenvalue weighted by atomic mass is 10.2. The lowest BCUT2D eigenvalue weighted by molar-refractivity contribution is -0.152. The normalized spacial score (nSPS) is 18.0. The summed E-state index contributed by atoms with van der Waals surface area (Å²) in [5.74, 6) is -0.788. The Hall–Kier alpha value is -3.09. The van der Waals surface area contributed by atoms with Crippen LogP contribution in [0.15, 0.2) is 47.9 Å². The fourth-order valence-electron chi connectivity index (χ4n) is 2.36. The van der Waals surface area contributed by atoms with Gasteiger partial charge in [-0.1, -0.05) is 18.2 Å². The SMILES string of the molecule is CNC(=O)/C(=C/OC1OC(=O)C(C)=C1C)n1ncc2ccccc21. The first kappa shape index (κ1) is 15.8. The van der Waals surface area contributed by atoms with Crippen molar-refractivity contribution < 1.29 is 19.1 Å². The number of likely N-dealkylation sites (N-methyl/N-ethyl adjacent to an activating group) is 1. The molecule has 7 heteroatoms. The highest BCUT2D eigenvalue weighted by Crippen LogP contribution is 2.24. The van der Waals surface area contributed by atoms with E-state index < -0.39 is 12.3 Å². The molecule has 24 heavy (non-hydrogen) atoms. The molecule has 1 aliphatic heterocycles. The van der Waals surface area contributed by atoms with Gasteiger partial charge in [0.05, 0.1) is 11.7 Å². The van der Waals surface area contributed by atoms with Gasteiger partial charge in [0.1, 0.15) is 6.26 Å². The summed E-state index contributed by atoms with van der Waals surface area (Å²) < 4.78 is 12.1. The van der Waals surface area contributed by atoms with E-state index in [1.807, 2.05) is 24.3 Å². The monoisotopic (exact) mass is 327 g/mol. The minimum Gasteiger partial charge on any atom is -0.456 e. The van der Waals surface area contributed by atoms with Crippen LogP contribution in [0.5, 0.6) is 0 Å². The van der Waals surface area contributed by atoms with E-state index in [0.717, 1.165) is 10.9 Å². The Kier molecular flexibility index (Phi) is 4.07. The van der Waals surface area contributed by atoms with Gasteiger partial charge in [0.25, 0.3) is 12.2 Å². The molecule has 0 bridgehead atoms. The average Bonchev–Trinajstić information content (AvgIpc) is 3.12. The molecule has 0 spiro atoms. The van der Waals surface area contributed by atoms with Crippen LogP contribution in [0.1, 0.15) is 13.8 Å². The number of ether oxygens (including phenoxy) is 2. The number of cyclic esters (lactones) is 1. The summed E-state index contributed by atoms with van der Waals surface area (Å²) in [5, 5.41) is 7.70. The molecule has 2 heterocycles. The van der Waals surface area contributed by atoms with E-state index in [1.54, 1.807) is 20.0 Å². The van der Waals surface area contributed by atoms with E-state index in [0.29, 0.717) is 11.1 Å². The van der Waals surface area contributed by atoms with Crippen LogP contribution in [-0.4, -0.2) is 35.0 Å². The molecule has 1 unspecified atom stereocenters. The summed E-state index contributed by atoms with van der Waals surface area (Å²) in [6, 6.07) is 7.50. The third-order valence-electron chi connectivity index (χ3n) is 3.93. The van der Waals surface area contributed by atoms with Gasteiger partial charge in [-0.05, 0) is 19.9 Å². The summed E-state index contributed by atoms with van der Waals surface area (Å²) in [5.41, 5.74) is 2.15. The van der Waals surface area contributed by atoms with Crippen molar-refractivity contribution in [3.05, 3.63) is 47.9 Å². The van der Waals surface area contributed by atoms with Gasteiger partial charge in [0.15, 0.2) is 5.70 Å². The summed E-state index contributed by atoms with van der Waals surface area (Å²) in [6.45, 7) is 3.42. The summed E-state index contributed by atoms with van der Waals surface area (Å²) in [6.07, 6.45) is 2.09. The highest BCUT2D eigenvalue weighted by molar-refractivity contribution is 6.14. The van der Waals surface area contributed by atoms with Gasteiger partial charge in [-0.15, -0.1) is 0 Å². The molecule has 1 amide bonds. The van der Waals surface area contributed by atoms with Crippen molar-refractivity contribution in [1.82, 2.24) is 15.1 Å². The first-order valence-electron chi connectivity index (χ1n) is 7.42. The zero-order valence-corrected chi connectivity index (χ0v) is 13.6. The number of aromatic nitrogens is 2. The van der Waals surface area contributed by atoms with Crippen molar-refractivity contribution in [3.63, 3.8) is 0 Å². The lowest BCUT2D eigenvalue weighted by Gasteiger charge is -2.13. The quantitative estimate of drug-likeness (QED) is 0.526. The fourth-order valence-corrected chi connectivity index (χ4v) is 2.36. The molecular weight excluding hydrogens is 310 g/mol. The fraction of sp³-hybridized carbons (Fsp3) is 0.235. The third kappa shape index (κ3) is 2.64. The number of nitrogens with zero attached hydrogens (tertiary/aromatic N) is 2. The Morgan fingerprint density at radius 1 is 1.38 bits per heavy atom. The number of carbonyl (C=O) groups excluding carboxylic acids is 2. The van der Waals surface area contributed by atoms with Gasteiger partial charge >= 0.3 is 5.97 Å². The second-order valence-electron chi connectivity index (χ2n) is 5.38. The van der Waals surface area contributed by atoms with E-state index in [4.69, 9.17) is 9.47 Å². The highest BCUT2D eigenvalue weighted by Gasteiger charge is 2.29. The van der Waals surface area contributed by atoms with Crippen molar-refractivity contribution >= 4 is 28.5 Å². The third-order valence-corrected chi connectivity index (χ3v) is 3.93. The smallest absolute Gasteiger partial charge is 0.337 e. The Bertz CT molecular complexity index is 879. The number of rotatable bonds is 4. The highest BCUT2D eigenvalue weighted by atomic mass is 16.7. The predicted octanol–water partition coefficient (Wildman–Crippen LogP) is 1.82. The number of amides is 1. The molecule has 0 radical (unpaired) electrons. The molecule has 0 fully saturated rings. The minimum atomic E-state index is -0.834. The number of benzene rings is 1. The number of hydrogen-bond acceptors (Lipinski definition) is 5. The molecular formula is C17H17N3O4. The second kappa shape index (κ2) is 6.19. The van der Waals surface area contributed by atoms with E-state index >= 15 is 0 Å². The van der Waals surface area contributed by atoms with Gasteiger partial charge in [-0.25, -0.2) is 9.48 Å². The van der Waals surface area contributed by atoms with Crippen LogP contribution in [0.4, 0.5) is 0 Å². The van der Waals surface area contributed by atoms with E-state index in [9.17, 15) is 9.59 Å². The van der Waals surface area contributed by atoms with Crippen molar-refractivity contribution in [2.24, 2.45) is 0 Å². The van der Waals surface area contributed by atoms with Gasteiger partial charge in [0.2, 0.25) is 0 Å². The Morgan fingerprint density at radius 3 is 2.79 bits per heavy atom. The second-order valence-corrected chi connectivity index (χ2v) is 5.38. The van der Waals surface area contributed by atoms with Crippen LogP contribution < -0.4 is 5.32 Å². The number of para-hydroxylation sites is 1. The molecule has 1 N–H and O–H groups in total. The zero-order chi connectivity index (χ0) is 17.3. The molecule has 0 saturated carbocycles. The van der Waals surface area contributed by atoms with Gasteiger partial charge in [0, 0.05) is 23.6 Å². The summed E-state index contributed by atoms with van der Waals surface area (Å²) in [4.78, 5) is 23.8. The van der Waals surface area contributed by atoms with Crippen LogP contribution in [-0.2, 0) is 19.1 Å². The first-order chi connectivity index (χ1) is 11.5. The molecule has 2 aromatic rings. The number of esters is 1. The van der Waals surface area contributed by atoms with Crippen molar-refractivity contribution in [1.29, 1.82) is 0 Å². The zero-order valence-electron chi connectivity index (χ0n) is 13.6. The number of fused-ring (bicyclic) bond motifs is 1. The predicted molar refractivity (Wildman–Crippen MR) is 87.4 cm³/mol. The van der Waals surface area contributed by atoms with Crippen LogP contribution in [0.3, 0.4) is 0 Å². The van der Waals surface area contributed by atoms with Crippen LogP contribution in [0.2, 0.25) is 0 Å². The summed E-state index contributed by atoms with van der Waals surface area (Å²) >= 11 is 0. The topological polar surface area (TPSA) is 82.5 Å². The van der Waals surface area contributed by atoms with E-state index in [-0.39, 0.29) is 11.6 Å². The van der Waals surface area contributed by atoms with Crippen LogP contribution in [0, 0.1) is 0 Å². The Balaban J connectivity index is 1.96. The van der Waals surface area contributed by atoms with E-state index in [1.165, 1.54) is 18.0 Å². The lowest BCUT2D eigenvalue weighted by Crippen LogP contribution is -2.24. The maximum atomic E-state index is 12.2. The average molecular weight is 327 g/mol. The van der Waals surface area contributed by atoms with Crippen molar-refractivity contribution in [2.75, 3.05) is 7.05 Å². The van der Waals surface area contributed by atoms with Gasteiger partial charge in [-0.3, -0.25) is 4.79 Å². The summed E-state index contributed by atoms with van der Waals surface area (Å²) in [7, 11) is 1.52. The Morgan fingerprint density at radius 2 is 2.12 bits per heavy atom. The number of nitrogens with one attached hydrogen (secondary N) is 1. The maximum absolute atomic E-state index is 12.2. The van der Waals surface area contributed by atoms with Crippen molar-refractivity contribution in [3.8, 4) is 0 Å². The number of carbonyl (C=O) groups is 2. The standard InChI is InChI=1S/C17H17N3O4/c1-10-11(2)17(24-16(10)22)23-9-14(15(21)18-3)20-13-7-5-4-6-12(13)8-19-20/h4-9,17H,1-3H3,(H,18,21)/b14-9-. The van der Waals surface area contributed by atoms with E-state index in [2.05, 4.69) is 10.4 Å². The van der Waals surface area contributed by atoms with Crippen LogP contribution >= 0.6 is 0 Å². The largest absolute Gasteiger partial charge is 0.456 e. The molecule has 0 aliphatic carbocycles. The molecule has 1 aromatic carbocycles. The van der Waals surface area contributed by atoms with Gasteiger partial charge < -0.3 is 14.8 Å². The molecule has 3 rings (SSSR count). The Labute approximate surface area is 138 Å². The minimum absolute atomic E-state index is 0.187. The molecule has 1 aromatic heterocycles. The molecule has 7 nitrogen and oxygen atoms in total. The maximum Gasteiger partial charge on any atom is 0.337 e.